The van der Waals surface area contributed by atoms with E-state index in [0.717, 1.165) is 66.4 Å². The number of hydrogen-bond acceptors (Lipinski definition) is 4. The van der Waals surface area contributed by atoms with Crippen LogP contribution in [0.5, 0.6) is 11.5 Å². The van der Waals surface area contributed by atoms with E-state index in [-0.39, 0.29) is 18.9 Å². The van der Waals surface area contributed by atoms with Crippen molar-refractivity contribution in [1.29, 1.82) is 0 Å². The quantitative estimate of drug-likeness (QED) is 0.787. The zero-order valence-corrected chi connectivity index (χ0v) is 18.1. The molecule has 0 atom stereocenters. The Hall–Kier alpha value is -2.73. The lowest BCUT2D eigenvalue weighted by Crippen LogP contribution is -2.48. The zero-order chi connectivity index (χ0) is 21.1. The molecule has 6 nitrogen and oxygen atoms in total. The fourth-order valence-corrected chi connectivity index (χ4v) is 4.39. The largest absolute Gasteiger partial charge is 0.454 e. The minimum absolute atomic E-state index is 0.0485. The highest BCUT2D eigenvalue weighted by Crippen LogP contribution is 2.33. The normalized spacial score (nSPS) is 16.5. The molecule has 0 aromatic heterocycles. The lowest BCUT2D eigenvalue weighted by molar-refractivity contribution is 0.126. The number of nitrogens with zero attached hydrogens (tertiary/aromatic N) is 2. The predicted octanol–water partition coefficient (Wildman–Crippen LogP) is 4.55. The summed E-state index contributed by atoms with van der Waals surface area (Å²) >= 11 is 0. The van der Waals surface area contributed by atoms with Crippen LogP contribution >= 0.6 is 0 Å². The van der Waals surface area contributed by atoms with Crippen molar-refractivity contribution in [1.82, 2.24) is 9.80 Å². The van der Waals surface area contributed by atoms with E-state index in [1.54, 1.807) is 0 Å². The van der Waals surface area contributed by atoms with Crippen molar-refractivity contribution in [3.8, 4) is 11.5 Å². The van der Waals surface area contributed by atoms with Crippen molar-refractivity contribution in [2.75, 3.05) is 31.7 Å². The fraction of sp³-hybridized carbons (Fsp3) is 0.458. The van der Waals surface area contributed by atoms with Gasteiger partial charge in [0.15, 0.2) is 11.5 Å². The van der Waals surface area contributed by atoms with Gasteiger partial charge in [-0.15, -0.1) is 0 Å². The molecule has 2 aromatic carbocycles. The van der Waals surface area contributed by atoms with Gasteiger partial charge in [0, 0.05) is 31.4 Å². The Balaban J connectivity index is 1.54. The van der Waals surface area contributed by atoms with Crippen LogP contribution in [0, 0.1) is 13.8 Å². The minimum Gasteiger partial charge on any atom is -0.454 e. The first-order chi connectivity index (χ1) is 14.5. The van der Waals surface area contributed by atoms with Crippen LogP contribution in [0.4, 0.5) is 10.5 Å². The van der Waals surface area contributed by atoms with Gasteiger partial charge in [0.2, 0.25) is 6.79 Å². The van der Waals surface area contributed by atoms with Gasteiger partial charge in [-0.2, -0.15) is 0 Å². The molecule has 2 aliphatic rings. The number of carbonyl (C=O) groups is 1. The lowest BCUT2D eigenvalue weighted by Gasteiger charge is -2.38. The Kier molecular flexibility index (Phi) is 6.13. The number of hydrogen-bond donors (Lipinski definition) is 1. The SMILES string of the molecule is CCN1CCC(N(Cc2ccc3c(c2)OCO3)C(=O)Nc2cc(C)cc(C)c2)CC1. The third-order valence-corrected chi connectivity index (χ3v) is 5.97. The van der Waals surface area contributed by atoms with Crippen LogP contribution in [0.3, 0.4) is 0 Å². The summed E-state index contributed by atoms with van der Waals surface area (Å²) in [5.41, 5.74) is 4.18. The highest BCUT2D eigenvalue weighted by Gasteiger charge is 2.28. The number of amides is 2. The number of likely N-dealkylation sites (tertiary alicyclic amines) is 1. The highest BCUT2D eigenvalue weighted by atomic mass is 16.7. The van der Waals surface area contributed by atoms with E-state index in [1.165, 1.54) is 0 Å². The van der Waals surface area contributed by atoms with Gasteiger partial charge in [0.25, 0.3) is 0 Å². The molecule has 1 N–H and O–H groups in total. The summed E-state index contributed by atoms with van der Waals surface area (Å²) in [6, 6.07) is 12.2. The molecule has 0 spiro atoms. The number of aryl methyl sites for hydroxylation is 2. The van der Waals surface area contributed by atoms with Crippen LogP contribution in [0.2, 0.25) is 0 Å². The van der Waals surface area contributed by atoms with E-state index >= 15 is 0 Å². The van der Waals surface area contributed by atoms with Crippen LogP contribution < -0.4 is 14.8 Å². The first-order valence-corrected chi connectivity index (χ1v) is 10.8. The number of anilines is 1. The number of carbonyl (C=O) groups excluding carboxylic acids is 1. The first kappa shape index (κ1) is 20.5. The van der Waals surface area contributed by atoms with Crippen LogP contribution in [0.15, 0.2) is 36.4 Å². The summed E-state index contributed by atoms with van der Waals surface area (Å²) in [5.74, 6) is 1.52. The Bertz CT molecular complexity index is 886. The van der Waals surface area contributed by atoms with E-state index in [2.05, 4.69) is 23.2 Å². The van der Waals surface area contributed by atoms with Crippen LogP contribution in [0.25, 0.3) is 0 Å². The molecule has 2 aromatic rings. The number of fused-ring (bicyclic) bond motifs is 1. The third kappa shape index (κ3) is 4.70. The molecule has 0 radical (unpaired) electrons. The molecule has 30 heavy (non-hydrogen) atoms. The Morgan fingerprint density at radius 2 is 1.77 bits per heavy atom. The molecule has 2 amide bonds. The standard InChI is InChI=1S/C24H31N3O3/c1-4-26-9-7-21(8-10-26)27(15-19-5-6-22-23(14-19)30-16-29-22)24(28)25-20-12-17(2)11-18(3)13-20/h5-6,11-14,21H,4,7-10,15-16H2,1-3H3,(H,25,28). The van der Waals surface area contributed by atoms with Crippen molar-refractivity contribution in [2.24, 2.45) is 0 Å². The molecular formula is C24H31N3O3. The van der Waals surface area contributed by atoms with E-state index in [0.29, 0.717) is 6.54 Å². The van der Waals surface area contributed by atoms with Gasteiger partial charge in [0.1, 0.15) is 0 Å². The Morgan fingerprint density at radius 1 is 1.07 bits per heavy atom. The summed E-state index contributed by atoms with van der Waals surface area (Å²) in [7, 11) is 0. The summed E-state index contributed by atoms with van der Waals surface area (Å²) < 4.78 is 11.0. The van der Waals surface area contributed by atoms with Gasteiger partial charge < -0.3 is 24.6 Å². The van der Waals surface area contributed by atoms with Crippen molar-refractivity contribution in [3.05, 3.63) is 53.1 Å². The molecule has 6 heteroatoms. The van der Waals surface area contributed by atoms with Gasteiger partial charge in [-0.05, 0) is 74.2 Å². The smallest absolute Gasteiger partial charge is 0.322 e. The Morgan fingerprint density at radius 3 is 2.47 bits per heavy atom. The summed E-state index contributed by atoms with van der Waals surface area (Å²) in [6.45, 7) is 10.2. The number of urea groups is 1. The fourth-order valence-electron chi connectivity index (χ4n) is 4.39. The van der Waals surface area contributed by atoms with E-state index in [4.69, 9.17) is 9.47 Å². The number of benzene rings is 2. The molecule has 0 bridgehead atoms. The lowest BCUT2D eigenvalue weighted by atomic mass is 10.0. The molecule has 0 unspecified atom stereocenters. The first-order valence-electron chi connectivity index (χ1n) is 10.8. The highest BCUT2D eigenvalue weighted by molar-refractivity contribution is 5.89. The average molecular weight is 410 g/mol. The topological polar surface area (TPSA) is 54.0 Å². The number of piperidine rings is 1. The van der Waals surface area contributed by atoms with Gasteiger partial charge in [-0.1, -0.05) is 19.1 Å². The van der Waals surface area contributed by atoms with Crippen molar-refractivity contribution < 1.29 is 14.3 Å². The molecule has 4 rings (SSSR count). The molecule has 0 aliphatic carbocycles. The van der Waals surface area contributed by atoms with Crippen LogP contribution in [-0.4, -0.2) is 48.3 Å². The Labute approximate surface area is 178 Å². The third-order valence-electron chi connectivity index (χ3n) is 5.97. The summed E-state index contributed by atoms with van der Waals surface area (Å²) in [6.07, 6.45) is 1.97. The molecule has 0 saturated carbocycles. The summed E-state index contributed by atoms with van der Waals surface area (Å²) in [5, 5.41) is 3.14. The molecule has 2 heterocycles. The number of nitrogens with one attached hydrogen (secondary N) is 1. The molecular weight excluding hydrogens is 378 g/mol. The number of rotatable bonds is 5. The molecule has 1 fully saturated rings. The molecule has 1 saturated heterocycles. The minimum atomic E-state index is -0.0485. The molecule has 160 valence electrons. The second kappa shape index (κ2) is 8.96. The number of ether oxygens (including phenoxy) is 2. The maximum atomic E-state index is 13.4. The summed E-state index contributed by atoms with van der Waals surface area (Å²) in [4.78, 5) is 17.8. The van der Waals surface area contributed by atoms with Gasteiger partial charge in [0.05, 0.1) is 0 Å². The monoisotopic (exact) mass is 409 g/mol. The van der Waals surface area contributed by atoms with E-state index in [1.807, 2.05) is 49.1 Å². The second-order valence-corrected chi connectivity index (χ2v) is 8.29. The van der Waals surface area contributed by atoms with Gasteiger partial charge in [-0.3, -0.25) is 0 Å². The maximum Gasteiger partial charge on any atom is 0.322 e. The second-order valence-electron chi connectivity index (χ2n) is 8.29. The average Bonchev–Trinajstić information content (AvgIpc) is 3.19. The van der Waals surface area contributed by atoms with E-state index < -0.39 is 0 Å². The van der Waals surface area contributed by atoms with E-state index in [9.17, 15) is 4.79 Å². The van der Waals surface area contributed by atoms with Gasteiger partial charge >= 0.3 is 6.03 Å². The van der Waals surface area contributed by atoms with Gasteiger partial charge in [-0.25, -0.2) is 4.79 Å². The zero-order valence-electron chi connectivity index (χ0n) is 18.1. The van der Waals surface area contributed by atoms with Crippen LogP contribution in [0.1, 0.15) is 36.5 Å². The van der Waals surface area contributed by atoms with Crippen molar-refractivity contribution in [3.63, 3.8) is 0 Å². The maximum absolute atomic E-state index is 13.4. The van der Waals surface area contributed by atoms with Crippen LogP contribution in [-0.2, 0) is 6.54 Å². The predicted molar refractivity (Wildman–Crippen MR) is 118 cm³/mol. The van der Waals surface area contributed by atoms with Crippen molar-refractivity contribution in [2.45, 2.75) is 46.2 Å². The molecule has 2 aliphatic heterocycles. The van der Waals surface area contributed by atoms with Crippen molar-refractivity contribution >= 4 is 11.7 Å².